The number of nitrogens with one attached hydrogen (secondary N) is 1. The van der Waals surface area contributed by atoms with Crippen molar-refractivity contribution in [2.75, 3.05) is 13.7 Å². The molecule has 16 heavy (non-hydrogen) atoms. The first-order chi connectivity index (χ1) is 7.55. The van der Waals surface area contributed by atoms with E-state index in [0.717, 1.165) is 5.56 Å². The van der Waals surface area contributed by atoms with Crippen molar-refractivity contribution < 1.29 is 13.2 Å². The van der Waals surface area contributed by atoms with Crippen molar-refractivity contribution >= 4 is 21.6 Å². The van der Waals surface area contributed by atoms with Crippen LogP contribution in [0.5, 0.6) is 5.75 Å². The van der Waals surface area contributed by atoms with Crippen molar-refractivity contribution in [3.8, 4) is 5.75 Å². The average molecular weight is 264 g/mol. The smallest absolute Gasteiger partial charge is 0.244 e. The minimum atomic E-state index is -3.52. The minimum absolute atomic E-state index is 0.120. The number of methoxy groups -OCH3 is 1. The van der Waals surface area contributed by atoms with Gasteiger partial charge >= 0.3 is 0 Å². The van der Waals surface area contributed by atoms with Crippen LogP contribution in [0.15, 0.2) is 23.1 Å². The number of hydrogen-bond donors (Lipinski definition) is 1. The zero-order chi connectivity index (χ0) is 12.2. The maximum Gasteiger partial charge on any atom is 0.244 e. The summed E-state index contributed by atoms with van der Waals surface area (Å²) in [6.07, 6.45) is 0. The third kappa shape index (κ3) is 2.87. The van der Waals surface area contributed by atoms with Gasteiger partial charge in [-0.3, -0.25) is 0 Å². The highest BCUT2D eigenvalue weighted by molar-refractivity contribution is 7.89. The Bertz CT molecular complexity index is 459. The molecule has 0 aliphatic carbocycles. The maximum atomic E-state index is 11.8. The van der Waals surface area contributed by atoms with Gasteiger partial charge in [-0.1, -0.05) is 13.0 Å². The molecule has 0 aliphatic heterocycles. The predicted molar refractivity (Wildman–Crippen MR) is 63.4 cm³/mol. The van der Waals surface area contributed by atoms with E-state index in [1.807, 2.05) is 0 Å². The Kier molecular flexibility index (Phi) is 4.58. The highest BCUT2D eigenvalue weighted by Crippen LogP contribution is 2.25. The number of sulfonamides is 1. The highest BCUT2D eigenvalue weighted by Gasteiger charge is 2.18. The van der Waals surface area contributed by atoms with Gasteiger partial charge in [-0.05, 0) is 17.7 Å². The molecule has 0 radical (unpaired) electrons. The summed E-state index contributed by atoms with van der Waals surface area (Å²) in [7, 11) is -2.09. The maximum absolute atomic E-state index is 11.8. The Morgan fingerprint density at radius 3 is 2.62 bits per heavy atom. The molecule has 0 bridgehead atoms. The molecule has 1 N–H and O–H groups in total. The van der Waals surface area contributed by atoms with Gasteiger partial charge in [0.1, 0.15) is 10.6 Å². The Labute approximate surface area is 101 Å². The van der Waals surface area contributed by atoms with E-state index < -0.39 is 10.0 Å². The summed E-state index contributed by atoms with van der Waals surface area (Å²) in [5.41, 5.74) is 0.735. The van der Waals surface area contributed by atoms with Gasteiger partial charge in [-0.15, -0.1) is 11.6 Å². The van der Waals surface area contributed by atoms with Crippen LogP contribution in [0.25, 0.3) is 0 Å². The standard InChI is InChI=1S/C10H14ClNO3S/c1-3-12-16(13,14)10-6-8(7-11)4-5-9(10)15-2/h4-6,12H,3,7H2,1-2H3. The van der Waals surface area contributed by atoms with Crippen molar-refractivity contribution in [2.24, 2.45) is 0 Å². The van der Waals surface area contributed by atoms with E-state index in [1.54, 1.807) is 19.1 Å². The summed E-state index contributed by atoms with van der Waals surface area (Å²) in [5, 5.41) is 0. The lowest BCUT2D eigenvalue weighted by atomic mass is 10.2. The third-order valence-electron chi connectivity index (χ3n) is 2.01. The van der Waals surface area contributed by atoms with Crippen LogP contribution >= 0.6 is 11.6 Å². The lowest BCUT2D eigenvalue weighted by Gasteiger charge is -2.10. The fourth-order valence-electron chi connectivity index (χ4n) is 1.28. The van der Waals surface area contributed by atoms with Gasteiger partial charge < -0.3 is 4.74 Å². The monoisotopic (exact) mass is 263 g/mol. The van der Waals surface area contributed by atoms with Crippen LogP contribution in [0.4, 0.5) is 0 Å². The van der Waals surface area contributed by atoms with Gasteiger partial charge in [0.25, 0.3) is 0 Å². The van der Waals surface area contributed by atoms with E-state index in [0.29, 0.717) is 12.3 Å². The Hall–Kier alpha value is -0.780. The van der Waals surface area contributed by atoms with Crippen LogP contribution in [0.3, 0.4) is 0 Å². The van der Waals surface area contributed by atoms with E-state index in [2.05, 4.69) is 4.72 Å². The lowest BCUT2D eigenvalue weighted by molar-refractivity contribution is 0.402. The molecule has 0 saturated carbocycles. The molecule has 90 valence electrons. The number of rotatable bonds is 5. The molecule has 1 aromatic carbocycles. The van der Waals surface area contributed by atoms with Gasteiger partial charge in [0.05, 0.1) is 7.11 Å². The van der Waals surface area contributed by atoms with Crippen molar-refractivity contribution in [3.05, 3.63) is 23.8 Å². The van der Waals surface area contributed by atoms with Gasteiger partial charge in [-0.25, -0.2) is 13.1 Å². The number of ether oxygens (including phenoxy) is 1. The van der Waals surface area contributed by atoms with Crippen LogP contribution in [0, 0.1) is 0 Å². The van der Waals surface area contributed by atoms with E-state index in [4.69, 9.17) is 16.3 Å². The SMILES string of the molecule is CCNS(=O)(=O)c1cc(CCl)ccc1OC. The molecule has 0 heterocycles. The molecular formula is C10H14ClNO3S. The minimum Gasteiger partial charge on any atom is -0.495 e. The summed E-state index contributed by atoms with van der Waals surface area (Å²) in [6, 6.07) is 4.85. The number of alkyl halides is 1. The molecule has 4 nitrogen and oxygen atoms in total. The fourth-order valence-corrected chi connectivity index (χ4v) is 2.71. The molecule has 0 atom stereocenters. The first kappa shape index (κ1) is 13.3. The topological polar surface area (TPSA) is 55.4 Å². The van der Waals surface area contributed by atoms with E-state index in [1.165, 1.54) is 13.2 Å². The van der Waals surface area contributed by atoms with E-state index >= 15 is 0 Å². The Morgan fingerprint density at radius 2 is 2.12 bits per heavy atom. The molecular weight excluding hydrogens is 250 g/mol. The summed E-state index contributed by atoms with van der Waals surface area (Å²) in [4.78, 5) is 0.120. The van der Waals surface area contributed by atoms with Gasteiger partial charge in [-0.2, -0.15) is 0 Å². The van der Waals surface area contributed by atoms with Gasteiger partial charge in [0, 0.05) is 12.4 Å². The second-order valence-electron chi connectivity index (χ2n) is 3.12. The zero-order valence-electron chi connectivity index (χ0n) is 9.16. The number of hydrogen-bond acceptors (Lipinski definition) is 3. The Morgan fingerprint density at radius 1 is 1.44 bits per heavy atom. The molecule has 0 fully saturated rings. The number of benzene rings is 1. The first-order valence-corrected chi connectivity index (χ1v) is 6.79. The fraction of sp³-hybridized carbons (Fsp3) is 0.400. The van der Waals surface area contributed by atoms with Crippen molar-refractivity contribution in [3.63, 3.8) is 0 Å². The third-order valence-corrected chi connectivity index (χ3v) is 3.88. The van der Waals surface area contributed by atoms with Crippen molar-refractivity contribution in [1.82, 2.24) is 4.72 Å². The zero-order valence-corrected chi connectivity index (χ0v) is 10.7. The summed E-state index contributed by atoms with van der Waals surface area (Å²) in [6.45, 7) is 2.05. The summed E-state index contributed by atoms with van der Waals surface area (Å²) >= 11 is 5.67. The molecule has 0 aliphatic rings. The van der Waals surface area contributed by atoms with Crippen LogP contribution < -0.4 is 9.46 Å². The molecule has 0 amide bonds. The van der Waals surface area contributed by atoms with Crippen LogP contribution in [0.1, 0.15) is 12.5 Å². The molecule has 6 heteroatoms. The lowest BCUT2D eigenvalue weighted by Crippen LogP contribution is -2.23. The van der Waals surface area contributed by atoms with Crippen LogP contribution in [0.2, 0.25) is 0 Å². The molecule has 1 aromatic rings. The normalized spacial score (nSPS) is 11.4. The van der Waals surface area contributed by atoms with Crippen LogP contribution in [-0.2, 0) is 15.9 Å². The quantitative estimate of drug-likeness (QED) is 0.824. The second kappa shape index (κ2) is 5.52. The van der Waals surface area contributed by atoms with Gasteiger partial charge in [0.15, 0.2) is 0 Å². The highest BCUT2D eigenvalue weighted by atomic mass is 35.5. The molecule has 0 spiro atoms. The summed E-state index contributed by atoms with van der Waals surface area (Å²) in [5.74, 6) is 0.577. The van der Waals surface area contributed by atoms with Crippen molar-refractivity contribution in [2.45, 2.75) is 17.7 Å². The van der Waals surface area contributed by atoms with Gasteiger partial charge in [0.2, 0.25) is 10.0 Å². The second-order valence-corrected chi connectivity index (χ2v) is 5.12. The molecule has 0 unspecified atom stereocenters. The predicted octanol–water partition coefficient (Wildman–Crippen LogP) is 1.73. The largest absolute Gasteiger partial charge is 0.495 e. The van der Waals surface area contributed by atoms with Crippen molar-refractivity contribution in [1.29, 1.82) is 0 Å². The molecule has 0 saturated heterocycles. The van der Waals surface area contributed by atoms with Crippen LogP contribution in [-0.4, -0.2) is 22.1 Å². The van der Waals surface area contributed by atoms with E-state index in [-0.39, 0.29) is 10.8 Å². The Balaban J connectivity index is 3.29. The average Bonchev–Trinajstić information content (AvgIpc) is 2.28. The summed E-state index contributed by atoms with van der Waals surface area (Å²) < 4.78 is 31.1. The van der Waals surface area contributed by atoms with E-state index in [9.17, 15) is 8.42 Å². The first-order valence-electron chi connectivity index (χ1n) is 4.77. The molecule has 0 aromatic heterocycles. The number of halogens is 1. The molecule has 1 rings (SSSR count).